The summed E-state index contributed by atoms with van der Waals surface area (Å²) >= 11 is 0. The highest BCUT2D eigenvalue weighted by molar-refractivity contribution is 5.32. The summed E-state index contributed by atoms with van der Waals surface area (Å²) in [6, 6.07) is 9.02. The smallest absolute Gasteiger partial charge is 0.0814 e. The molecule has 1 aromatic carbocycles. The van der Waals surface area contributed by atoms with Crippen molar-refractivity contribution in [1.29, 1.82) is 0 Å². The molecule has 20 heavy (non-hydrogen) atoms. The normalized spacial score (nSPS) is 22.9. The molecular weight excluding hydrogens is 248 g/mol. The Balaban J connectivity index is 2.17. The van der Waals surface area contributed by atoms with Gasteiger partial charge in [0.25, 0.3) is 0 Å². The van der Waals surface area contributed by atoms with Gasteiger partial charge in [0.15, 0.2) is 0 Å². The van der Waals surface area contributed by atoms with E-state index in [1.165, 1.54) is 30.4 Å². The first-order valence-corrected chi connectivity index (χ1v) is 7.73. The molecule has 0 bridgehead atoms. The van der Waals surface area contributed by atoms with Crippen LogP contribution in [0.15, 0.2) is 24.3 Å². The molecule has 3 nitrogen and oxygen atoms in total. The van der Waals surface area contributed by atoms with E-state index in [-0.39, 0.29) is 11.6 Å². The molecule has 0 saturated heterocycles. The number of benzene rings is 1. The minimum atomic E-state index is -0.207. The summed E-state index contributed by atoms with van der Waals surface area (Å²) < 4.78 is 5.73. The van der Waals surface area contributed by atoms with Crippen LogP contribution >= 0.6 is 0 Å². The molecule has 0 saturated carbocycles. The molecule has 1 aliphatic rings. The van der Waals surface area contributed by atoms with E-state index in [9.17, 15) is 0 Å². The van der Waals surface area contributed by atoms with Crippen LogP contribution in [-0.4, -0.2) is 18.8 Å². The van der Waals surface area contributed by atoms with Crippen molar-refractivity contribution >= 4 is 0 Å². The fourth-order valence-corrected chi connectivity index (χ4v) is 3.41. The topological polar surface area (TPSA) is 47.3 Å². The zero-order valence-corrected chi connectivity index (χ0v) is 13.0. The molecule has 1 aliphatic carbocycles. The Morgan fingerprint density at radius 3 is 2.85 bits per heavy atom. The number of rotatable bonds is 6. The highest BCUT2D eigenvalue weighted by Crippen LogP contribution is 2.37. The minimum Gasteiger partial charge on any atom is -0.377 e. The van der Waals surface area contributed by atoms with Gasteiger partial charge in [0.05, 0.1) is 11.6 Å². The van der Waals surface area contributed by atoms with Gasteiger partial charge in [-0.3, -0.25) is 11.3 Å². The van der Waals surface area contributed by atoms with Crippen molar-refractivity contribution in [2.45, 2.75) is 63.5 Å². The lowest BCUT2D eigenvalue weighted by atomic mass is 9.76. The van der Waals surface area contributed by atoms with Gasteiger partial charge in [-0.15, -0.1) is 0 Å². The van der Waals surface area contributed by atoms with E-state index in [1.54, 1.807) is 7.11 Å². The van der Waals surface area contributed by atoms with Gasteiger partial charge in [0.2, 0.25) is 0 Å². The molecule has 2 rings (SSSR count). The molecule has 112 valence electrons. The Morgan fingerprint density at radius 2 is 2.20 bits per heavy atom. The maximum atomic E-state index is 5.82. The summed E-state index contributed by atoms with van der Waals surface area (Å²) in [6.45, 7) is 4.30. The molecule has 3 atom stereocenters. The third kappa shape index (κ3) is 3.05. The molecule has 0 aromatic heterocycles. The summed E-state index contributed by atoms with van der Waals surface area (Å²) in [5, 5.41) is 0. The number of nitrogens with one attached hydrogen (secondary N) is 1. The van der Waals surface area contributed by atoms with Crippen molar-refractivity contribution in [3.63, 3.8) is 0 Å². The zero-order valence-electron chi connectivity index (χ0n) is 13.0. The molecule has 1 aromatic rings. The van der Waals surface area contributed by atoms with E-state index in [2.05, 4.69) is 43.5 Å². The molecular formula is C17H28N2O. The van der Waals surface area contributed by atoms with Crippen LogP contribution in [0.2, 0.25) is 0 Å². The van der Waals surface area contributed by atoms with Gasteiger partial charge < -0.3 is 4.74 Å². The number of methoxy groups -OCH3 is 1. The van der Waals surface area contributed by atoms with Crippen molar-refractivity contribution in [3.8, 4) is 0 Å². The summed E-state index contributed by atoms with van der Waals surface area (Å²) in [4.78, 5) is 0. The standard InChI is InChI=1S/C17H28N2O/c1-4-17(2,20-3)16(19-18)12-14-10-7-9-13-8-5-6-11-15(13)14/h5-6,8,11,14,16,19H,4,7,9-10,12,18H2,1-3H3. The number of hydrazine groups is 1. The Bertz CT molecular complexity index is 429. The molecule has 0 fully saturated rings. The number of aryl methyl sites for hydroxylation is 1. The Kier molecular flexibility index (Phi) is 5.19. The highest BCUT2D eigenvalue weighted by Gasteiger charge is 2.34. The average Bonchev–Trinajstić information content (AvgIpc) is 2.52. The van der Waals surface area contributed by atoms with E-state index in [0.717, 1.165) is 12.8 Å². The van der Waals surface area contributed by atoms with Crippen LogP contribution in [0, 0.1) is 0 Å². The second-order valence-electron chi connectivity index (χ2n) is 6.11. The number of hydrogen-bond acceptors (Lipinski definition) is 3. The van der Waals surface area contributed by atoms with Gasteiger partial charge in [-0.05, 0) is 56.1 Å². The van der Waals surface area contributed by atoms with Crippen molar-refractivity contribution in [2.24, 2.45) is 5.84 Å². The van der Waals surface area contributed by atoms with E-state index in [0.29, 0.717) is 5.92 Å². The summed E-state index contributed by atoms with van der Waals surface area (Å²) in [5.41, 5.74) is 5.81. The van der Waals surface area contributed by atoms with Crippen LogP contribution < -0.4 is 11.3 Å². The van der Waals surface area contributed by atoms with Crippen molar-refractivity contribution in [2.75, 3.05) is 7.11 Å². The van der Waals surface area contributed by atoms with Crippen molar-refractivity contribution in [1.82, 2.24) is 5.43 Å². The second kappa shape index (κ2) is 6.70. The number of fused-ring (bicyclic) bond motifs is 1. The van der Waals surface area contributed by atoms with E-state index in [1.807, 2.05) is 0 Å². The van der Waals surface area contributed by atoms with Gasteiger partial charge in [0.1, 0.15) is 0 Å². The fraction of sp³-hybridized carbons (Fsp3) is 0.647. The second-order valence-corrected chi connectivity index (χ2v) is 6.11. The van der Waals surface area contributed by atoms with E-state index in [4.69, 9.17) is 10.6 Å². The molecule has 0 radical (unpaired) electrons. The van der Waals surface area contributed by atoms with Crippen LogP contribution in [-0.2, 0) is 11.2 Å². The fourth-order valence-electron chi connectivity index (χ4n) is 3.41. The summed E-state index contributed by atoms with van der Waals surface area (Å²) in [7, 11) is 1.78. The lowest BCUT2D eigenvalue weighted by molar-refractivity contribution is -0.0332. The average molecular weight is 276 g/mol. The van der Waals surface area contributed by atoms with Crippen LogP contribution in [0.1, 0.15) is 56.6 Å². The number of hydrogen-bond donors (Lipinski definition) is 2. The third-order valence-corrected chi connectivity index (χ3v) is 5.12. The van der Waals surface area contributed by atoms with Crippen LogP contribution in [0.25, 0.3) is 0 Å². The van der Waals surface area contributed by atoms with Crippen LogP contribution in [0.4, 0.5) is 0 Å². The molecule has 3 heteroatoms. The largest absolute Gasteiger partial charge is 0.377 e. The summed E-state index contributed by atoms with van der Waals surface area (Å²) in [5.74, 6) is 6.40. The quantitative estimate of drug-likeness (QED) is 0.620. The van der Waals surface area contributed by atoms with Gasteiger partial charge in [-0.25, -0.2) is 0 Å². The zero-order chi connectivity index (χ0) is 14.6. The Morgan fingerprint density at radius 1 is 1.45 bits per heavy atom. The predicted octanol–water partition coefficient (Wildman–Crippen LogP) is 3.14. The van der Waals surface area contributed by atoms with Crippen molar-refractivity contribution < 1.29 is 4.74 Å². The lowest BCUT2D eigenvalue weighted by Crippen LogP contribution is -2.53. The molecule has 3 N–H and O–H groups in total. The first-order valence-electron chi connectivity index (χ1n) is 7.73. The first kappa shape index (κ1) is 15.5. The Labute approximate surface area is 122 Å². The number of ether oxygens (including phenoxy) is 1. The molecule has 0 heterocycles. The highest BCUT2D eigenvalue weighted by atomic mass is 16.5. The van der Waals surface area contributed by atoms with Crippen LogP contribution in [0.3, 0.4) is 0 Å². The summed E-state index contributed by atoms with van der Waals surface area (Å²) in [6.07, 6.45) is 5.72. The van der Waals surface area contributed by atoms with Gasteiger partial charge in [-0.2, -0.15) is 0 Å². The lowest BCUT2D eigenvalue weighted by Gasteiger charge is -2.38. The maximum absolute atomic E-state index is 5.82. The SMILES string of the molecule is CCC(C)(OC)C(CC1CCCc2ccccc21)NN. The van der Waals surface area contributed by atoms with Crippen LogP contribution in [0.5, 0.6) is 0 Å². The Hall–Kier alpha value is -0.900. The van der Waals surface area contributed by atoms with Gasteiger partial charge in [-0.1, -0.05) is 31.2 Å². The van der Waals surface area contributed by atoms with Crippen molar-refractivity contribution in [3.05, 3.63) is 35.4 Å². The van der Waals surface area contributed by atoms with E-state index < -0.39 is 0 Å². The third-order valence-electron chi connectivity index (χ3n) is 5.12. The maximum Gasteiger partial charge on any atom is 0.0814 e. The predicted molar refractivity (Wildman–Crippen MR) is 83.6 cm³/mol. The molecule has 0 aliphatic heterocycles. The molecule has 0 amide bonds. The number of nitrogens with two attached hydrogens (primary N) is 1. The first-order chi connectivity index (χ1) is 9.64. The monoisotopic (exact) mass is 276 g/mol. The minimum absolute atomic E-state index is 0.175. The van der Waals surface area contributed by atoms with E-state index >= 15 is 0 Å². The molecule has 0 spiro atoms. The van der Waals surface area contributed by atoms with Gasteiger partial charge >= 0.3 is 0 Å². The molecule has 3 unspecified atom stereocenters. The van der Waals surface area contributed by atoms with Gasteiger partial charge in [0, 0.05) is 7.11 Å².